The summed E-state index contributed by atoms with van der Waals surface area (Å²) in [5.41, 5.74) is 0. The Hall–Kier alpha value is -1.73. The number of benzene rings is 1. The quantitative estimate of drug-likeness (QED) is 0.838. The zero-order chi connectivity index (χ0) is 15.6. The molecule has 6 nitrogen and oxygen atoms in total. The van der Waals surface area contributed by atoms with Crippen LogP contribution in [0.3, 0.4) is 0 Å². The van der Waals surface area contributed by atoms with E-state index >= 15 is 0 Å². The van der Waals surface area contributed by atoms with Crippen molar-refractivity contribution >= 4 is 9.84 Å². The lowest BCUT2D eigenvalue weighted by molar-refractivity contribution is 0.255. The van der Waals surface area contributed by atoms with Crippen molar-refractivity contribution in [1.29, 1.82) is 0 Å². The zero-order valence-corrected chi connectivity index (χ0v) is 13.3. The number of hydrogen-bond donors (Lipinski definition) is 0. The molecule has 3 rings (SSSR count). The number of hydrogen-bond acceptors (Lipinski definition) is 6. The molecular weight excluding hydrogens is 302 g/mol. The van der Waals surface area contributed by atoms with Gasteiger partial charge < -0.3 is 4.52 Å². The van der Waals surface area contributed by atoms with Crippen LogP contribution in [0.15, 0.2) is 39.8 Å². The number of sulfone groups is 1. The second-order valence-electron chi connectivity index (χ2n) is 5.50. The number of likely N-dealkylation sites (tertiary alicyclic amines) is 1. The van der Waals surface area contributed by atoms with E-state index in [1.54, 1.807) is 31.2 Å². The summed E-state index contributed by atoms with van der Waals surface area (Å²) in [4.78, 5) is 6.78. The van der Waals surface area contributed by atoms with Crippen LogP contribution in [0.2, 0.25) is 0 Å². The van der Waals surface area contributed by atoms with Crippen LogP contribution in [0.5, 0.6) is 0 Å². The lowest BCUT2D eigenvalue weighted by atomic mass is 10.2. The summed E-state index contributed by atoms with van der Waals surface area (Å²) >= 11 is 0. The van der Waals surface area contributed by atoms with Crippen LogP contribution in [0.1, 0.15) is 30.6 Å². The van der Waals surface area contributed by atoms with Crippen molar-refractivity contribution in [3.8, 4) is 0 Å². The minimum atomic E-state index is -3.25. The van der Waals surface area contributed by atoms with Crippen molar-refractivity contribution in [3.63, 3.8) is 0 Å². The Morgan fingerprint density at radius 2 is 2.09 bits per heavy atom. The summed E-state index contributed by atoms with van der Waals surface area (Å²) in [6.45, 7) is 3.10. The molecule has 1 aromatic carbocycles. The Labute approximate surface area is 130 Å². The Balaban J connectivity index is 1.68. The van der Waals surface area contributed by atoms with Gasteiger partial charge in [-0.3, -0.25) is 4.90 Å². The molecule has 0 bridgehead atoms. The fourth-order valence-corrected chi connectivity index (χ4v) is 4.10. The van der Waals surface area contributed by atoms with Crippen molar-refractivity contribution in [2.45, 2.75) is 30.7 Å². The Morgan fingerprint density at radius 1 is 1.32 bits per heavy atom. The van der Waals surface area contributed by atoms with Crippen molar-refractivity contribution < 1.29 is 12.9 Å². The zero-order valence-electron chi connectivity index (χ0n) is 12.5. The van der Waals surface area contributed by atoms with Gasteiger partial charge in [-0.1, -0.05) is 23.4 Å². The van der Waals surface area contributed by atoms with Crippen LogP contribution in [0, 0.1) is 6.92 Å². The molecule has 1 unspecified atom stereocenters. The molecule has 0 spiro atoms. The van der Waals surface area contributed by atoms with E-state index in [0.29, 0.717) is 23.2 Å². The molecule has 0 N–H and O–H groups in total. The summed E-state index contributed by atoms with van der Waals surface area (Å²) < 4.78 is 29.8. The van der Waals surface area contributed by atoms with Crippen molar-refractivity contribution in [1.82, 2.24) is 15.0 Å². The van der Waals surface area contributed by atoms with Gasteiger partial charge in [-0.15, -0.1) is 0 Å². The van der Waals surface area contributed by atoms with Gasteiger partial charge in [-0.25, -0.2) is 8.42 Å². The van der Waals surface area contributed by atoms with Gasteiger partial charge in [0.05, 0.1) is 16.7 Å². The molecule has 1 aromatic heterocycles. The summed E-state index contributed by atoms with van der Waals surface area (Å²) in [7, 11) is -3.25. The normalized spacial score (nSPS) is 19.6. The minimum absolute atomic E-state index is 0.0587. The van der Waals surface area contributed by atoms with E-state index in [0.717, 1.165) is 19.4 Å². The van der Waals surface area contributed by atoms with Gasteiger partial charge in [0.1, 0.15) is 0 Å². The molecule has 2 aromatic rings. The molecule has 1 aliphatic rings. The number of aryl methyl sites for hydroxylation is 1. The van der Waals surface area contributed by atoms with E-state index in [9.17, 15) is 8.42 Å². The molecular formula is C15H19N3O3S. The highest BCUT2D eigenvalue weighted by Gasteiger charge is 2.30. The smallest absolute Gasteiger partial charge is 0.223 e. The maximum absolute atomic E-state index is 12.4. The van der Waals surface area contributed by atoms with Crippen molar-refractivity contribution in [2.24, 2.45) is 0 Å². The second kappa shape index (κ2) is 6.18. The highest BCUT2D eigenvalue weighted by Crippen LogP contribution is 2.30. The van der Waals surface area contributed by atoms with Gasteiger partial charge in [-0.2, -0.15) is 4.98 Å². The van der Waals surface area contributed by atoms with Gasteiger partial charge in [0.2, 0.25) is 5.89 Å². The van der Waals surface area contributed by atoms with E-state index in [1.807, 2.05) is 6.07 Å². The molecule has 118 valence electrons. The predicted molar refractivity (Wildman–Crippen MR) is 81.1 cm³/mol. The first-order valence-corrected chi connectivity index (χ1v) is 9.03. The van der Waals surface area contributed by atoms with Gasteiger partial charge in [0.25, 0.3) is 0 Å². The molecule has 22 heavy (non-hydrogen) atoms. The molecule has 0 radical (unpaired) electrons. The van der Waals surface area contributed by atoms with Gasteiger partial charge in [0, 0.05) is 13.5 Å². The first-order chi connectivity index (χ1) is 10.6. The highest BCUT2D eigenvalue weighted by molar-refractivity contribution is 7.91. The molecule has 2 heterocycles. The van der Waals surface area contributed by atoms with E-state index in [-0.39, 0.29) is 11.8 Å². The van der Waals surface area contributed by atoms with Gasteiger partial charge in [-0.05, 0) is 31.5 Å². The van der Waals surface area contributed by atoms with E-state index in [4.69, 9.17) is 4.52 Å². The molecule has 1 aliphatic heterocycles. The van der Waals surface area contributed by atoms with Crippen LogP contribution in [-0.4, -0.2) is 42.3 Å². The predicted octanol–water partition coefficient (Wildman–Crippen LogP) is 1.99. The van der Waals surface area contributed by atoms with Gasteiger partial charge >= 0.3 is 0 Å². The number of nitrogens with zero attached hydrogens (tertiary/aromatic N) is 3. The fourth-order valence-electron chi connectivity index (χ4n) is 2.82. The third-order valence-corrected chi connectivity index (χ3v) is 5.66. The average Bonchev–Trinajstić information content (AvgIpc) is 3.14. The Kier molecular flexibility index (Phi) is 4.26. The first kappa shape index (κ1) is 15.2. The molecule has 0 amide bonds. The summed E-state index contributed by atoms with van der Waals surface area (Å²) in [6.07, 6.45) is 1.95. The van der Waals surface area contributed by atoms with E-state index < -0.39 is 9.84 Å². The summed E-state index contributed by atoms with van der Waals surface area (Å²) in [5, 5.41) is 3.97. The Bertz CT molecular complexity index is 728. The van der Waals surface area contributed by atoms with Crippen LogP contribution >= 0.6 is 0 Å². The number of aromatic nitrogens is 2. The first-order valence-electron chi connectivity index (χ1n) is 7.38. The lowest BCUT2D eigenvalue weighted by Crippen LogP contribution is -2.29. The highest BCUT2D eigenvalue weighted by atomic mass is 32.2. The summed E-state index contributed by atoms with van der Waals surface area (Å²) in [5.74, 6) is 1.30. The monoisotopic (exact) mass is 321 g/mol. The minimum Gasteiger partial charge on any atom is -0.340 e. The molecule has 0 saturated carbocycles. The maximum atomic E-state index is 12.4. The van der Waals surface area contributed by atoms with E-state index in [1.165, 1.54) is 0 Å². The summed E-state index contributed by atoms with van der Waals surface area (Å²) in [6, 6.07) is 8.64. The van der Waals surface area contributed by atoms with Crippen molar-refractivity contribution in [2.75, 3.05) is 18.8 Å². The second-order valence-corrected chi connectivity index (χ2v) is 7.61. The van der Waals surface area contributed by atoms with Crippen LogP contribution in [0.25, 0.3) is 0 Å². The average molecular weight is 321 g/mol. The van der Waals surface area contributed by atoms with Crippen LogP contribution in [0.4, 0.5) is 0 Å². The molecule has 1 saturated heterocycles. The third-order valence-electron chi connectivity index (χ3n) is 3.95. The SMILES string of the molecule is Cc1nc(C2CCCN2CCS(=O)(=O)c2ccccc2)no1. The topological polar surface area (TPSA) is 76.3 Å². The lowest BCUT2D eigenvalue weighted by Gasteiger charge is -2.21. The Morgan fingerprint density at radius 3 is 2.77 bits per heavy atom. The molecule has 1 fully saturated rings. The van der Waals surface area contributed by atoms with Gasteiger partial charge in [0.15, 0.2) is 15.7 Å². The maximum Gasteiger partial charge on any atom is 0.223 e. The third kappa shape index (κ3) is 3.20. The standard InChI is InChI=1S/C15H19N3O3S/c1-12-16-15(17-21-12)14-8-5-9-18(14)10-11-22(19,20)13-6-3-2-4-7-13/h2-4,6-7,14H,5,8-11H2,1H3. The molecule has 0 aliphatic carbocycles. The fraction of sp³-hybridized carbons (Fsp3) is 0.467. The van der Waals surface area contributed by atoms with Crippen molar-refractivity contribution in [3.05, 3.63) is 42.0 Å². The van der Waals surface area contributed by atoms with Crippen LogP contribution in [-0.2, 0) is 9.84 Å². The van der Waals surface area contributed by atoms with Crippen LogP contribution < -0.4 is 0 Å². The van der Waals surface area contributed by atoms with E-state index in [2.05, 4.69) is 15.0 Å². The molecule has 1 atom stereocenters. The molecule has 7 heteroatoms. The number of rotatable bonds is 5. The largest absolute Gasteiger partial charge is 0.340 e.